The number of hydrogen-bond donors (Lipinski definition) is 2. The van der Waals surface area contributed by atoms with Crippen LogP contribution in [-0.4, -0.2) is 43.8 Å². The second-order valence-electron chi connectivity index (χ2n) is 7.63. The Hall–Kier alpha value is -2.44. The van der Waals surface area contributed by atoms with Crippen LogP contribution < -0.4 is 5.56 Å². The van der Waals surface area contributed by atoms with E-state index < -0.39 is 0 Å². The maximum Gasteiger partial charge on any atom is 0.271 e. The van der Waals surface area contributed by atoms with Crippen molar-refractivity contribution in [3.63, 3.8) is 0 Å². The molecule has 5 rings (SSSR count). The number of H-pyrrole nitrogens is 2. The lowest BCUT2D eigenvalue weighted by molar-refractivity contribution is 0.0628. The first kappa shape index (κ1) is 14.9. The summed E-state index contributed by atoms with van der Waals surface area (Å²) >= 11 is 0. The third kappa shape index (κ3) is 2.33. The van der Waals surface area contributed by atoms with Gasteiger partial charge in [0.15, 0.2) is 0 Å². The van der Waals surface area contributed by atoms with Crippen molar-refractivity contribution < 1.29 is 4.79 Å². The molecule has 1 spiro atoms. The smallest absolute Gasteiger partial charge is 0.271 e. The van der Waals surface area contributed by atoms with Crippen molar-refractivity contribution in [3.05, 3.63) is 45.7 Å². The quantitative estimate of drug-likeness (QED) is 0.867. The number of likely N-dealkylation sites (tertiary alicyclic amines) is 1. The number of rotatable bonds is 2. The van der Waals surface area contributed by atoms with Gasteiger partial charge in [-0.25, -0.2) is 9.97 Å². The molecule has 0 aromatic carbocycles. The molecule has 0 radical (unpaired) electrons. The molecule has 130 valence electrons. The van der Waals surface area contributed by atoms with Gasteiger partial charge < -0.3 is 14.9 Å². The number of piperidine rings is 1. The van der Waals surface area contributed by atoms with Crippen LogP contribution in [-0.2, 0) is 11.8 Å². The highest BCUT2D eigenvalue weighted by molar-refractivity contribution is 5.92. The molecule has 1 unspecified atom stereocenters. The van der Waals surface area contributed by atoms with Crippen LogP contribution in [0.2, 0.25) is 0 Å². The summed E-state index contributed by atoms with van der Waals surface area (Å²) in [6.45, 7) is 1.38. The van der Waals surface area contributed by atoms with Gasteiger partial charge in [0.1, 0.15) is 11.5 Å². The van der Waals surface area contributed by atoms with Crippen LogP contribution in [0.25, 0.3) is 0 Å². The molecule has 3 heterocycles. The lowest BCUT2D eigenvalue weighted by Gasteiger charge is -2.40. The number of nitrogens with one attached hydrogen (secondary N) is 2. The van der Waals surface area contributed by atoms with Crippen molar-refractivity contribution in [2.45, 2.75) is 49.9 Å². The highest BCUT2D eigenvalue weighted by atomic mass is 16.2. The molecule has 1 saturated carbocycles. The Morgan fingerprint density at radius 3 is 2.96 bits per heavy atom. The van der Waals surface area contributed by atoms with Crippen molar-refractivity contribution in [2.75, 3.05) is 13.1 Å². The Kier molecular flexibility index (Phi) is 3.14. The van der Waals surface area contributed by atoms with Gasteiger partial charge in [-0.1, -0.05) is 0 Å². The van der Waals surface area contributed by atoms with Crippen LogP contribution in [0.5, 0.6) is 0 Å². The molecule has 1 aliphatic heterocycles. The molecular formula is C18H21N5O2. The highest BCUT2D eigenvalue weighted by Gasteiger charge is 2.46. The topological polar surface area (TPSA) is 94.7 Å². The molecule has 7 nitrogen and oxygen atoms in total. The molecule has 1 amide bonds. The summed E-state index contributed by atoms with van der Waals surface area (Å²) in [5.74, 6) is 1.25. The summed E-state index contributed by atoms with van der Waals surface area (Å²) < 4.78 is 0. The summed E-state index contributed by atoms with van der Waals surface area (Å²) in [6, 6.07) is 0. The van der Waals surface area contributed by atoms with Gasteiger partial charge >= 0.3 is 0 Å². The Balaban J connectivity index is 1.51. The summed E-state index contributed by atoms with van der Waals surface area (Å²) in [4.78, 5) is 41.9. The maximum atomic E-state index is 12.7. The van der Waals surface area contributed by atoms with Gasteiger partial charge in [0.25, 0.3) is 11.5 Å². The number of carbonyl (C=O) groups is 1. The Labute approximate surface area is 144 Å². The Morgan fingerprint density at radius 1 is 1.32 bits per heavy atom. The molecule has 2 aromatic rings. The summed E-state index contributed by atoms with van der Waals surface area (Å²) in [6.07, 6.45) is 8.91. The zero-order valence-electron chi connectivity index (χ0n) is 14.0. The number of nitrogens with zero attached hydrogens (tertiary/aromatic N) is 3. The minimum absolute atomic E-state index is 0.0164. The molecule has 2 aromatic heterocycles. The number of aromatic amines is 2. The summed E-state index contributed by atoms with van der Waals surface area (Å²) in [5.41, 5.74) is 2.18. The van der Waals surface area contributed by atoms with Gasteiger partial charge in [-0.3, -0.25) is 9.59 Å². The highest BCUT2D eigenvalue weighted by Crippen LogP contribution is 2.45. The normalized spacial score (nSPS) is 25.4. The van der Waals surface area contributed by atoms with Crippen molar-refractivity contribution in [1.82, 2.24) is 24.8 Å². The zero-order chi connectivity index (χ0) is 17.0. The van der Waals surface area contributed by atoms with Gasteiger partial charge in [0, 0.05) is 30.0 Å². The first-order valence-electron chi connectivity index (χ1n) is 9.07. The van der Waals surface area contributed by atoms with E-state index in [9.17, 15) is 9.59 Å². The summed E-state index contributed by atoms with van der Waals surface area (Å²) in [7, 11) is 0. The standard InChI is InChI=1S/C18H21N5O2/c24-16-12-4-6-18(14(12)21-15(22-16)11-2-3-11)5-1-7-23(9-18)17(25)13-8-19-10-20-13/h8,10-11H,1-7,9H2,(H,19,20)(H,21,22,24). The minimum Gasteiger partial charge on any atom is -0.341 e. The van der Waals surface area contributed by atoms with Crippen molar-refractivity contribution in [1.29, 1.82) is 0 Å². The van der Waals surface area contributed by atoms with E-state index in [0.717, 1.165) is 62.2 Å². The van der Waals surface area contributed by atoms with E-state index in [2.05, 4.69) is 15.0 Å². The van der Waals surface area contributed by atoms with Crippen LogP contribution in [0.15, 0.2) is 17.3 Å². The predicted molar refractivity (Wildman–Crippen MR) is 90.6 cm³/mol. The number of amides is 1. The van der Waals surface area contributed by atoms with Gasteiger partial charge in [-0.2, -0.15) is 0 Å². The molecule has 2 aliphatic carbocycles. The van der Waals surface area contributed by atoms with Gasteiger partial charge in [-0.15, -0.1) is 0 Å². The molecule has 7 heteroatoms. The van der Waals surface area contributed by atoms with Crippen LogP contribution in [0.3, 0.4) is 0 Å². The van der Waals surface area contributed by atoms with Gasteiger partial charge in [0.05, 0.1) is 18.2 Å². The third-order valence-electron chi connectivity index (χ3n) is 5.95. The average molecular weight is 339 g/mol. The molecule has 1 saturated heterocycles. The SMILES string of the molecule is O=C(c1cnc[nH]1)N1CCCC2(CCc3c2nc(C2CC2)[nH]c3=O)C1. The second kappa shape index (κ2) is 5.28. The molecule has 1 atom stereocenters. The van der Waals surface area contributed by atoms with E-state index >= 15 is 0 Å². The van der Waals surface area contributed by atoms with E-state index in [-0.39, 0.29) is 16.9 Å². The maximum absolute atomic E-state index is 12.7. The van der Waals surface area contributed by atoms with Crippen LogP contribution in [0, 0.1) is 0 Å². The lowest BCUT2D eigenvalue weighted by atomic mass is 9.77. The Bertz CT molecular complexity index is 883. The largest absolute Gasteiger partial charge is 0.341 e. The number of imidazole rings is 1. The number of aromatic nitrogens is 4. The predicted octanol–water partition coefficient (Wildman–Crippen LogP) is 1.49. The molecule has 2 N–H and O–H groups in total. The minimum atomic E-state index is -0.166. The van der Waals surface area contributed by atoms with E-state index in [1.807, 2.05) is 4.90 Å². The van der Waals surface area contributed by atoms with Gasteiger partial charge in [0.2, 0.25) is 0 Å². The lowest BCUT2D eigenvalue weighted by Crippen LogP contribution is -2.48. The number of fused-ring (bicyclic) bond motifs is 2. The van der Waals surface area contributed by atoms with E-state index in [4.69, 9.17) is 4.98 Å². The van der Waals surface area contributed by atoms with Crippen LogP contribution in [0.4, 0.5) is 0 Å². The van der Waals surface area contributed by atoms with Crippen molar-refractivity contribution >= 4 is 5.91 Å². The average Bonchev–Trinajstić information content (AvgIpc) is 3.22. The Morgan fingerprint density at radius 2 is 2.20 bits per heavy atom. The molecular weight excluding hydrogens is 318 g/mol. The molecule has 2 fully saturated rings. The first-order valence-corrected chi connectivity index (χ1v) is 9.07. The monoisotopic (exact) mass is 339 g/mol. The fourth-order valence-electron chi connectivity index (χ4n) is 4.46. The van der Waals surface area contributed by atoms with Gasteiger partial charge in [-0.05, 0) is 38.5 Å². The van der Waals surface area contributed by atoms with E-state index in [0.29, 0.717) is 18.2 Å². The van der Waals surface area contributed by atoms with Crippen LogP contribution >= 0.6 is 0 Å². The molecule has 0 bridgehead atoms. The van der Waals surface area contributed by atoms with Crippen molar-refractivity contribution in [3.8, 4) is 0 Å². The van der Waals surface area contributed by atoms with Crippen molar-refractivity contribution in [2.24, 2.45) is 0 Å². The van der Waals surface area contributed by atoms with E-state index in [1.54, 1.807) is 6.20 Å². The van der Waals surface area contributed by atoms with Crippen LogP contribution in [0.1, 0.15) is 65.6 Å². The third-order valence-corrected chi connectivity index (χ3v) is 5.95. The zero-order valence-corrected chi connectivity index (χ0v) is 14.0. The first-order chi connectivity index (χ1) is 12.2. The number of hydrogen-bond acceptors (Lipinski definition) is 4. The number of carbonyl (C=O) groups excluding carboxylic acids is 1. The van der Waals surface area contributed by atoms with E-state index in [1.165, 1.54) is 6.33 Å². The second-order valence-corrected chi connectivity index (χ2v) is 7.63. The fraction of sp³-hybridized carbons (Fsp3) is 0.556. The molecule has 25 heavy (non-hydrogen) atoms. The summed E-state index contributed by atoms with van der Waals surface area (Å²) in [5, 5.41) is 0. The molecule has 3 aliphatic rings. The fourth-order valence-corrected chi connectivity index (χ4v) is 4.46.